The highest BCUT2D eigenvalue weighted by atomic mass is 32.2. The smallest absolute Gasteiger partial charge is 0.214 e. The quantitative estimate of drug-likeness (QED) is 0.876. The first-order chi connectivity index (χ1) is 9.36. The Morgan fingerprint density at radius 2 is 2.11 bits per heavy atom. The number of nitrogens with one attached hydrogen (secondary N) is 1. The highest BCUT2D eigenvalue weighted by molar-refractivity contribution is 7.99. The minimum atomic E-state index is 0.519. The summed E-state index contributed by atoms with van der Waals surface area (Å²) in [4.78, 5) is 1.18. The third-order valence-corrected chi connectivity index (χ3v) is 4.03. The lowest BCUT2D eigenvalue weighted by atomic mass is 10.2. The van der Waals surface area contributed by atoms with Gasteiger partial charge >= 0.3 is 0 Å². The highest BCUT2D eigenvalue weighted by Crippen LogP contribution is 2.37. The number of hydrogen-bond donors (Lipinski definition) is 1. The van der Waals surface area contributed by atoms with Crippen molar-refractivity contribution in [1.82, 2.24) is 25.5 Å². The van der Waals surface area contributed by atoms with Gasteiger partial charge in [-0.2, -0.15) is 0 Å². The molecule has 5 nitrogen and oxygen atoms in total. The number of hydrogen-bond acceptors (Lipinski definition) is 5. The Hall–Kier alpha value is -1.40. The van der Waals surface area contributed by atoms with Crippen LogP contribution in [0, 0.1) is 0 Å². The van der Waals surface area contributed by atoms with Gasteiger partial charge in [0.1, 0.15) is 0 Å². The Bertz CT molecular complexity index is 532. The SMILES string of the molecule is CCNCc1ccc(Sc2nnnn2C2CC2)cc1. The maximum absolute atomic E-state index is 4.10. The van der Waals surface area contributed by atoms with E-state index in [9.17, 15) is 0 Å². The molecular weight excluding hydrogens is 258 g/mol. The number of benzene rings is 1. The van der Waals surface area contributed by atoms with Crippen LogP contribution in [0.25, 0.3) is 0 Å². The second-order valence-electron chi connectivity index (χ2n) is 4.66. The molecule has 6 heteroatoms. The maximum Gasteiger partial charge on any atom is 0.214 e. The average molecular weight is 275 g/mol. The van der Waals surface area contributed by atoms with Gasteiger partial charge in [-0.3, -0.25) is 0 Å². The van der Waals surface area contributed by atoms with Gasteiger partial charge in [0.25, 0.3) is 0 Å². The molecule has 0 atom stereocenters. The second-order valence-corrected chi connectivity index (χ2v) is 5.70. The van der Waals surface area contributed by atoms with Crippen LogP contribution in [0.5, 0.6) is 0 Å². The van der Waals surface area contributed by atoms with Crippen LogP contribution in [-0.2, 0) is 6.54 Å². The van der Waals surface area contributed by atoms with E-state index in [1.54, 1.807) is 11.8 Å². The molecular formula is C13H17N5S. The molecule has 0 amide bonds. The molecule has 2 aromatic rings. The molecule has 1 aromatic heterocycles. The van der Waals surface area contributed by atoms with Gasteiger partial charge in [-0.15, -0.1) is 5.10 Å². The molecule has 0 radical (unpaired) electrons. The molecule has 1 fully saturated rings. The van der Waals surface area contributed by atoms with E-state index >= 15 is 0 Å². The van der Waals surface area contributed by atoms with E-state index in [2.05, 4.69) is 52.0 Å². The molecule has 0 saturated heterocycles. The van der Waals surface area contributed by atoms with Crippen molar-refractivity contribution >= 4 is 11.8 Å². The van der Waals surface area contributed by atoms with Crippen molar-refractivity contribution in [3.63, 3.8) is 0 Å². The van der Waals surface area contributed by atoms with Gasteiger partial charge in [0.15, 0.2) is 0 Å². The lowest BCUT2D eigenvalue weighted by molar-refractivity contribution is 0.565. The van der Waals surface area contributed by atoms with Crippen LogP contribution in [0.4, 0.5) is 0 Å². The first kappa shape index (κ1) is 12.6. The van der Waals surface area contributed by atoms with Crippen molar-refractivity contribution in [3.8, 4) is 0 Å². The first-order valence-electron chi connectivity index (χ1n) is 6.62. The summed E-state index contributed by atoms with van der Waals surface area (Å²) < 4.78 is 1.94. The molecule has 0 aliphatic heterocycles. The van der Waals surface area contributed by atoms with Gasteiger partial charge in [-0.25, -0.2) is 4.68 Å². The molecule has 1 heterocycles. The summed E-state index contributed by atoms with van der Waals surface area (Å²) in [6.07, 6.45) is 2.39. The fourth-order valence-corrected chi connectivity index (χ4v) is 2.69. The molecule has 100 valence electrons. The summed E-state index contributed by atoms with van der Waals surface area (Å²) in [7, 11) is 0. The molecule has 1 saturated carbocycles. The number of rotatable bonds is 6. The average Bonchev–Trinajstić information content (AvgIpc) is 3.19. The summed E-state index contributed by atoms with van der Waals surface area (Å²) >= 11 is 1.63. The van der Waals surface area contributed by atoms with Gasteiger partial charge in [0.05, 0.1) is 6.04 Å². The van der Waals surface area contributed by atoms with Crippen molar-refractivity contribution in [2.45, 2.75) is 42.4 Å². The molecule has 19 heavy (non-hydrogen) atoms. The summed E-state index contributed by atoms with van der Waals surface area (Å²) in [6, 6.07) is 9.07. The Labute approximate surface area is 116 Å². The van der Waals surface area contributed by atoms with E-state index in [1.807, 2.05) is 4.68 Å². The van der Waals surface area contributed by atoms with E-state index in [4.69, 9.17) is 0 Å². The summed E-state index contributed by atoms with van der Waals surface area (Å²) in [5, 5.41) is 16.1. The monoisotopic (exact) mass is 275 g/mol. The molecule has 1 aliphatic carbocycles. The third-order valence-electron chi connectivity index (χ3n) is 3.07. The van der Waals surface area contributed by atoms with Crippen molar-refractivity contribution in [3.05, 3.63) is 29.8 Å². The summed E-state index contributed by atoms with van der Waals surface area (Å²) in [6.45, 7) is 4.02. The van der Waals surface area contributed by atoms with Crippen LogP contribution in [0.1, 0.15) is 31.4 Å². The zero-order valence-corrected chi connectivity index (χ0v) is 11.7. The Balaban J connectivity index is 1.67. The predicted molar refractivity (Wildman–Crippen MR) is 74.0 cm³/mol. The Morgan fingerprint density at radius 3 is 2.79 bits per heavy atom. The van der Waals surface area contributed by atoms with Gasteiger partial charge in [-0.05, 0) is 59.3 Å². The molecule has 1 N–H and O–H groups in total. The van der Waals surface area contributed by atoms with Crippen molar-refractivity contribution < 1.29 is 0 Å². The fraction of sp³-hybridized carbons (Fsp3) is 0.462. The second kappa shape index (κ2) is 5.71. The number of nitrogens with zero attached hydrogens (tertiary/aromatic N) is 4. The van der Waals surface area contributed by atoms with Crippen LogP contribution >= 0.6 is 11.8 Å². The number of tetrazole rings is 1. The Kier molecular flexibility index (Phi) is 3.79. The molecule has 0 spiro atoms. The van der Waals surface area contributed by atoms with E-state index in [0.29, 0.717) is 6.04 Å². The van der Waals surface area contributed by atoms with Crippen molar-refractivity contribution in [2.24, 2.45) is 0 Å². The van der Waals surface area contributed by atoms with E-state index < -0.39 is 0 Å². The molecule has 1 aliphatic rings. The molecule has 0 bridgehead atoms. The molecule has 0 unspecified atom stereocenters. The lowest BCUT2D eigenvalue weighted by Crippen LogP contribution is -2.11. The van der Waals surface area contributed by atoms with E-state index in [0.717, 1.165) is 18.2 Å². The van der Waals surface area contributed by atoms with Crippen LogP contribution in [-0.4, -0.2) is 26.8 Å². The van der Waals surface area contributed by atoms with E-state index in [-0.39, 0.29) is 0 Å². The van der Waals surface area contributed by atoms with Crippen molar-refractivity contribution in [2.75, 3.05) is 6.54 Å². The van der Waals surface area contributed by atoms with Crippen molar-refractivity contribution in [1.29, 1.82) is 0 Å². The fourth-order valence-electron chi connectivity index (χ4n) is 1.85. The molecule has 3 rings (SSSR count). The van der Waals surface area contributed by atoms with Gasteiger partial charge < -0.3 is 5.32 Å². The standard InChI is InChI=1S/C13H17N5S/c1-2-14-9-10-3-7-12(8-4-10)19-13-15-16-17-18(13)11-5-6-11/h3-4,7-8,11,14H,2,5-6,9H2,1H3. The van der Waals surface area contributed by atoms with E-state index in [1.165, 1.54) is 23.3 Å². The maximum atomic E-state index is 4.10. The van der Waals surface area contributed by atoms with Gasteiger partial charge in [0.2, 0.25) is 5.16 Å². The van der Waals surface area contributed by atoms with Crippen LogP contribution in [0.3, 0.4) is 0 Å². The Morgan fingerprint density at radius 1 is 1.32 bits per heavy atom. The van der Waals surface area contributed by atoms with Crippen LogP contribution < -0.4 is 5.32 Å². The largest absolute Gasteiger partial charge is 0.313 e. The van der Waals surface area contributed by atoms with Crippen LogP contribution in [0.2, 0.25) is 0 Å². The van der Waals surface area contributed by atoms with Crippen LogP contribution in [0.15, 0.2) is 34.3 Å². The summed E-state index contributed by atoms with van der Waals surface area (Å²) in [5.74, 6) is 0. The highest BCUT2D eigenvalue weighted by Gasteiger charge is 2.27. The topological polar surface area (TPSA) is 55.6 Å². The minimum Gasteiger partial charge on any atom is -0.313 e. The minimum absolute atomic E-state index is 0.519. The summed E-state index contributed by atoms with van der Waals surface area (Å²) in [5.41, 5.74) is 1.30. The molecule has 1 aromatic carbocycles. The normalized spacial score (nSPS) is 14.8. The number of aromatic nitrogens is 4. The first-order valence-corrected chi connectivity index (χ1v) is 7.44. The van der Waals surface area contributed by atoms with Gasteiger partial charge in [-0.1, -0.05) is 19.1 Å². The third kappa shape index (κ3) is 3.13. The van der Waals surface area contributed by atoms with Gasteiger partial charge in [0, 0.05) is 11.4 Å². The lowest BCUT2D eigenvalue weighted by Gasteiger charge is -2.04. The zero-order valence-electron chi connectivity index (χ0n) is 10.9. The predicted octanol–water partition coefficient (Wildman–Crippen LogP) is 2.27. The zero-order chi connectivity index (χ0) is 13.1.